The number of hydrogen-bond acceptors (Lipinski definition) is 2. The van der Waals surface area contributed by atoms with Gasteiger partial charge in [-0.05, 0) is 43.1 Å². The Morgan fingerprint density at radius 1 is 1.57 bits per heavy atom. The van der Waals surface area contributed by atoms with Crippen LogP contribution in [0.3, 0.4) is 0 Å². The van der Waals surface area contributed by atoms with Crippen molar-refractivity contribution < 1.29 is 0 Å². The Labute approximate surface area is 93.2 Å². The van der Waals surface area contributed by atoms with Gasteiger partial charge in [-0.1, -0.05) is 15.9 Å². The van der Waals surface area contributed by atoms with Gasteiger partial charge in [0, 0.05) is 23.2 Å². The number of halogens is 1. The first-order valence-corrected chi connectivity index (χ1v) is 5.73. The first-order chi connectivity index (χ1) is 6.72. The quantitative estimate of drug-likeness (QED) is 0.877. The average Bonchev–Trinajstić information content (AvgIpc) is 2.44. The molecule has 0 radical (unpaired) electrons. The molecule has 2 N–H and O–H groups in total. The Kier molecular flexibility index (Phi) is 2.79. The van der Waals surface area contributed by atoms with Crippen LogP contribution in [0.25, 0.3) is 0 Å². The van der Waals surface area contributed by atoms with E-state index in [0.29, 0.717) is 6.04 Å². The van der Waals surface area contributed by atoms with Crippen LogP contribution in [0.15, 0.2) is 22.7 Å². The highest BCUT2D eigenvalue weighted by atomic mass is 79.9. The van der Waals surface area contributed by atoms with E-state index in [1.807, 2.05) is 0 Å². The number of likely N-dealkylation sites (N-methyl/N-ethyl adjacent to an activating group) is 1. The second kappa shape index (κ2) is 3.91. The second-order valence-corrected chi connectivity index (χ2v) is 4.73. The molecule has 0 fully saturated rings. The van der Waals surface area contributed by atoms with Gasteiger partial charge in [-0.15, -0.1) is 0 Å². The smallest absolute Gasteiger partial charge is 0.0400 e. The minimum atomic E-state index is 0.587. The van der Waals surface area contributed by atoms with Crippen molar-refractivity contribution in [3.63, 3.8) is 0 Å². The third-order valence-corrected chi connectivity index (χ3v) is 3.42. The fourth-order valence-corrected chi connectivity index (χ4v) is 2.55. The minimum absolute atomic E-state index is 0.587. The van der Waals surface area contributed by atoms with Gasteiger partial charge in [0.15, 0.2) is 0 Å². The highest BCUT2D eigenvalue weighted by molar-refractivity contribution is 9.10. The van der Waals surface area contributed by atoms with Gasteiger partial charge in [0.25, 0.3) is 0 Å². The van der Waals surface area contributed by atoms with E-state index in [-0.39, 0.29) is 0 Å². The third kappa shape index (κ3) is 1.66. The molecule has 1 aromatic rings. The molecule has 0 saturated carbocycles. The molecule has 1 atom stereocenters. The highest BCUT2D eigenvalue weighted by Gasteiger charge is 2.25. The van der Waals surface area contributed by atoms with Crippen molar-refractivity contribution in [2.24, 2.45) is 5.73 Å². The molecule has 2 nitrogen and oxygen atoms in total. The van der Waals surface area contributed by atoms with Crippen LogP contribution in [0.2, 0.25) is 0 Å². The minimum Gasteiger partial charge on any atom is -0.371 e. The van der Waals surface area contributed by atoms with Gasteiger partial charge in [0.05, 0.1) is 0 Å². The van der Waals surface area contributed by atoms with Crippen LogP contribution < -0.4 is 10.6 Å². The van der Waals surface area contributed by atoms with Gasteiger partial charge < -0.3 is 10.6 Å². The summed E-state index contributed by atoms with van der Waals surface area (Å²) in [4.78, 5) is 2.34. The van der Waals surface area contributed by atoms with Crippen LogP contribution in [0, 0.1) is 0 Å². The van der Waals surface area contributed by atoms with Crippen molar-refractivity contribution in [1.29, 1.82) is 0 Å². The summed E-state index contributed by atoms with van der Waals surface area (Å²) in [7, 11) is 2.15. The summed E-state index contributed by atoms with van der Waals surface area (Å²) >= 11 is 3.50. The number of fused-ring (bicyclic) bond motifs is 1. The molecule has 14 heavy (non-hydrogen) atoms. The number of nitrogens with zero attached hydrogens (tertiary/aromatic N) is 1. The van der Waals surface area contributed by atoms with Crippen molar-refractivity contribution in [3.8, 4) is 0 Å². The molecule has 0 bridgehead atoms. The van der Waals surface area contributed by atoms with Crippen LogP contribution in [0.5, 0.6) is 0 Å². The van der Waals surface area contributed by atoms with Crippen molar-refractivity contribution >= 4 is 21.6 Å². The lowest BCUT2D eigenvalue weighted by molar-refractivity contribution is 0.617. The first kappa shape index (κ1) is 9.99. The lowest BCUT2D eigenvalue weighted by Crippen LogP contribution is -2.29. The van der Waals surface area contributed by atoms with Gasteiger partial charge >= 0.3 is 0 Å². The maximum atomic E-state index is 5.60. The number of nitrogens with two attached hydrogens (primary N) is 1. The standard InChI is InChI=1S/C11H15BrN2/c1-14-10(4-5-13)7-8-6-9(12)2-3-11(8)14/h2-3,6,10H,4-5,7,13H2,1H3. The zero-order chi connectivity index (χ0) is 10.1. The molecule has 1 heterocycles. The van der Waals surface area contributed by atoms with Gasteiger partial charge in [0.1, 0.15) is 0 Å². The summed E-state index contributed by atoms with van der Waals surface area (Å²) in [5.74, 6) is 0. The van der Waals surface area contributed by atoms with Crippen molar-refractivity contribution in [2.75, 3.05) is 18.5 Å². The predicted molar refractivity (Wildman–Crippen MR) is 63.7 cm³/mol. The van der Waals surface area contributed by atoms with E-state index in [2.05, 4.69) is 46.1 Å². The van der Waals surface area contributed by atoms with Crippen molar-refractivity contribution in [1.82, 2.24) is 0 Å². The number of rotatable bonds is 2. The second-order valence-electron chi connectivity index (χ2n) is 3.82. The molecule has 0 aliphatic carbocycles. The van der Waals surface area contributed by atoms with E-state index in [1.165, 1.54) is 11.3 Å². The summed E-state index contributed by atoms with van der Waals surface area (Å²) in [6.45, 7) is 0.768. The number of benzene rings is 1. The van der Waals surface area contributed by atoms with Crippen molar-refractivity contribution in [2.45, 2.75) is 18.9 Å². The lowest BCUT2D eigenvalue weighted by atomic mass is 10.1. The molecule has 2 rings (SSSR count). The van der Waals surface area contributed by atoms with Crippen molar-refractivity contribution in [3.05, 3.63) is 28.2 Å². The highest BCUT2D eigenvalue weighted by Crippen LogP contribution is 2.33. The summed E-state index contributed by atoms with van der Waals surface area (Å²) in [5, 5.41) is 0. The molecule has 0 amide bonds. The largest absolute Gasteiger partial charge is 0.371 e. The van der Waals surface area contributed by atoms with E-state index < -0.39 is 0 Å². The molecular formula is C11H15BrN2. The fourth-order valence-electron chi connectivity index (χ4n) is 2.14. The molecule has 76 valence electrons. The topological polar surface area (TPSA) is 29.3 Å². The summed E-state index contributed by atoms with van der Waals surface area (Å²) in [5.41, 5.74) is 8.38. The molecule has 0 saturated heterocycles. The molecule has 1 aromatic carbocycles. The number of anilines is 1. The summed E-state index contributed by atoms with van der Waals surface area (Å²) < 4.78 is 1.16. The van der Waals surface area contributed by atoms with E-state index in [4.69, 9.17) is 5.73 Å². The Morgan fingerprint density at radius 3 is 3.07 bits per heavy atom. The predicted octanol–water partition coefficient (Wildman–Crippen LogP) is 2.16. The van der Waals surface area contributed by atoms with Crippen LogP contribution in [0.1, 0.15) is 12.0 Å². The first-order valence-electron chi connectivity index (χ1n) is 4.93. The molecule has 1 aliphatic rings. The van der Waals surface area contributed by atoms with Gasteiger partial charge in [-0.25, -0.2) is 0 Å². The zero-order valence-electron chi connectivity index (χ0n) is 8.33. The summed E-state index contributed by atoms with van der Waals surface area (Å²) in [6, 6.07) is 7.07. The molecule has 1 unspecified atom stereocenters. The Morgan fingerprint density at radius 2 is 2.36 bits per heavy atom. The van der Waals surface area contributed by atoms with Gasteiger partial charge in [-0.3, -0.25) is 0 Å². The summed E-state index contributed by atoms with van der Waals surface area (Å²) in [6.07, 6.45) is 2.20. The van der Waals surface area contributed by atoms with Gasteiger partial charge in [-0.2, -0.15) is 0 Å². The Balaban J connectivity index is 2.26. The van der Waals surface area contributed by atoms with Crippen LogP contribution in [-0.2, 0) is 6.42 Å². The molecule has 0 spiro atoms. The Hall–Kier alpha value is -0.540. The monoisotopic (exact) mass is 254 g/mol. The maximum absolute atomic E-state index is 5.60. The SMILES string of the molecule is CN1c2ccc(Br)cc2CC1CCN. The third-order valence-electron chi connectivity index (χ3n) is 2.92. The lowest BCUT2D eigenvalue weighted by Gasteiger charge is -2.21. The van der Waals surface area contributed by atoms with E-state index >= 15 is 0 Å². The molecule has 3 heteroatoms. The fraction of sp³-hybridized carbons (Fsp3) is 0.455. The maximum Gasteiger partial charge on any atom is 0.0400 e. The molecular weight excluding hydrogens is 240 g/mol. The molecule has 1 aliphatic heterocycles. The van der Waals surface area contributed by atoms with E-state index in [9.17, 15) is 0 Å². The van der Waals surface area contributed by atoms with Crippen LogP contribution >= 0.6 is 15.9 Å². The number of hydrogen-bond donors (Lipinski definition) is 1. The van der Waals surface area contributed by atoms with Crippen LogP contribution in [0.4, 0.5) is 5.69 Å². The van der Waals surface area contributed by atoms with E-state index in [0.717, 1.165) is 23.9 Å². The normalized spacial score (nSPS) is 19.9. The average molecular weight is 255 g/mol. The zero-order valence-corrected chi connectivity index (χ0v) is 9.92. The molecule has 0 aromatic heterocycles. The Bertz CT molecular complexity index is 338. The van der Waals surface area contributed by atoms with Crippen LogP contribution in [-0.4, -0.2) is 19.6 Å². The van der Waals surface area contributed by atoms with Gasteiger partial charge in [0.2, 0.25) is 0 Å². The van der Waals surface area contributed by atoms with E-state index in [1.54, 1.807) is 0 Å².